The summed E-state index contributed by atoms with van der Waals surface area (Å²) in [6.07, 6.45) is 0.230. The third kappa shape index (κ3) is 2.73. The average molecular weight is 250 g/mol. The van der Waals surface area contributed by atoms with Crippen molar-refractivity contribution in [2.45, 2.75) is 33.7 Å². The molecule has 2 aromatic heterocycles. The zero-order chi connectivity index (χ0) is 13.1. The van der Waals surface area contributed by atoms with E-state index >= 15 is 0 Å². The molecule has 0 aromatic carbocycles. The van der Waals surface area contributed by atoms with E-state index in [9.17, 15) is 4.79 Å². The third-order valence-corrected chi connectivity index (χ3v) is 2.52. The Bertz CT molecular complexity index is 539. The molecule has 2 rings (SSSR count). The average Bonchev–Trinajstić information content (AvgIpc) is 2.87. The van der Waals surface area contributed by atoms with E-state index in [1.807, 2.05) is 0 Å². The molecule has 0 saturated heterocycles. The monoisotopic (exact) mass is 250 g/mol. The van der Waals surface area contributed by atoms with E-state index in [2.05, 4.69) is 20.7 Å². The van der Waals surface area contributed by atoms with E-state index in [-0.39, 0.29) is 18.9 Å². The molecular weight excluding hydrogens is 236 g/mol. The van der Waals surface area contributed by atoms with E-state index < -0.39 is 0 Å². The summed E-state index contributed by atoms with van der Waals surface area (Å²) in [6.45, 7) is 5.51. The van der Waals surface area contributed by atoms with Crippen molar-refractivity contribution in [2.24, 2.45) is 0 Å². The molecule has 0 aliphatic carbocycles. The summed E-state index contributed by atoms with van der Waals surface area (Å²) in [5.41, 5.74) is 1.55. The molecule has 0 saturated carbocycles. The molecule has 96 valence electrons. The highest BCUT2D eigenvalue weighted by atomic mass is 16.5. The van der Waals surface area contributed by atoms with Crippen LogP contribution in [-0.2, 0) is 17.8 Å². The highest BCUT2D eigenvalue weighted by molar-refractivity contribution is 5.78. The van der Waals surface area contributed by atoms with Gasteiger partial charge in [-0.1, -0.05) is 5.16 Å². The summed E-state index contributed by atoms with van der Waals surface area (Å²) in [4.78, 5) is 11.7. The molecular formula is C11H14N4O3. The van der Waals surface area contributed by atoms with Crippen molar-refractivity contribution in [3.05, 3.63) is 28.8 Å². The van der Waals surface area contributed by atoms with Gasteiger partial charge in [-0.05, 0) is 13.8 Å². The summed E-state index contributed by atoms with van der Waals surface area (Å²) in [5.74, 6) is 1.39. The normalized spacial score (nSPS) is 10.6. The summed E-state index contributed by atoms with van der Waals surface area (Å²) in [7, 11) is 0. The Morgan fingerprint density at radius 3 is 2.61 bits per heavy atom. The molecule has 0 radical (unpaired) electrons. The van der Waals surface area contributed by atoms with Gasteiger partial charge in [-0.2, -0.15) is 0 Å². The van der Waals surface area contributed by atoms with Crippen LogP contribution in [0, 0.1) is 20.8 Å². The number of hydrogen-bond acceptors (Lipinski definition) is 6. The molecule has 0 fully saturated rings. The zero-order valence-electron chi connectivity index (χ0n) is 10.5. The molecule has 2 aromatic rings. The van der Waals surface area contributed by atoms with Crippen LogP contribution in [0.2, 0.25) is 0 Å². The van der Waals surface area contributed by atoms with Crippen LogP contribution in [0.5, 0.6) is 0 Å². The van der Waals surface area contributed by atoms with Gasteiger partial charge in [-0.15, -0.1) is 10.2 Å². The predicted octanol–water partition coefficient (Wildman–Crippen LogP) is 0.842. The fraction of sp³-hybridized carbons (Fsp3) is 0.455. The van der Waals surface area contributed by atoms with Crippen LogP contribution in [0.25, 0.3) is 0 Å². The fourth-order valence-electron chi connectivity index (χ4n) is 1.56. The molecule has 0 spiro atoms. The molecule has 0 aliphatic heterocycles. The van der Waals surface area contributed by atoms with Crippen molar-refractivity contribution in [3.8, 4) is 0 Å². The van der Waals surface area contributed by atoms with Crippen LogP contribution in [0.1, 0.15) is 28.8 Å². The Hall–Kier alpha value is -2.18. The number of carbonyl (C=O) groups is 1. The van der Waals surface area contributed by atoms with Gasteiger partial charge in [-0.25, -0.2) is 0 Å². The van der Waals surface area contributed by atoms with Gasteiger partial charge in [0.1, 0.15) is 5.76 Å². The minimum atomic E-state index is -0.139. The molecule has 18 heavy (non-hydrogen) atoms. The summed E-state index contributed by atoms with van der Waals surface area (Å²) in [5, 5.41) is 14.0. The number of hydrogen-bond donors (Lipinski definition) is 1. The molecule has 1 N–H and O–H groups in total. The van der Waals surface area contributed by atoms with Gasteiger partial charge in [0.2, 0.25) is 17.7 Å². The van der Waals surface area contributed by atoms with Gasteiger partial charge in [0.25, 0.3) is 0 Å². The first kappa shape index (κ1) is 12.3. The van der Waals surface area contributed by atoms with Crippen LogP contribution in [-0.4, -0.2) is 21.3 Å². The molecule has 0 unspecified atom stereocenters. The topological polar surface area (TPSA) is 94.1 Å². The second-order valence-corrected chi connectivity index (χ2v) is 3.97. The number of nitrogens with zero attached hydrogens (tertiary/aromatic N) is 3. The maximum atomic E-state index is 11.7. The number of carbonyl (C=O) groups excluding carboxylic acids is 1. The van der Waals surface area contributed by atoms with Crippen LogP contribution in [0.3, 0.4) is 0 Å². The number of rotatable bonds is 4. The Morgan fingerprint density at radius 2 is 2.06 bits per heavy atom. The summed E-state index contributed by atoms with van der Waals surface area (Å²) in [6, 6.07) is 0. The second kappa shape index (κ2) is 4.99. The predicted molar refractivity (Wildman–Crippen MR) is 60.6 cm³/mol. The lowest BCUT2D eigenvalue weighted by atomic mass is 10.1. The fourth-order valence-corrected chi connectivity index (χ4v) is 1.56. The lowest BCUT2D eigenvalue weighted by molar-refractivity contribution is -0.120. The third-order valence-electron chi connectivity index (χ3n) is 2.52. The van der Waals surface area contributed by atoms with Crippen LogP contribution < -0.4 is 5.32 Å². The highest BCUT2D eigenvalue weighted by Crippen LogP contribution is 2.12. The quantitative estimate of drug-likeness (QED) is 0.864. The molecule has 0 bridgehead atoms. The first-order chi connectivity index (χ1) is 8.56. The lowest BCUT2D eigenvalue weighted by Crippen LogP contribution is -2.25. The van der Waals surface area contributed by atoms with E-state index in [1.54, 1.807) is 20.8 Å². The van der Waals surface area contributed by atoms with E-state index in [4.69, 9.17) is 8.94 Å². The lowest BCUT2D eigenvalue weighted by Gasteiger charge is -2.01. The van der Waals surface area contributed by atoms with Crippen molar-refractivity contribution in [1.82, 2.24) is 20.7 Å². The van der Waals surface area contributed by atoms with Crippen molar-refractivity contribution < 1.29 is 13.7 Å². The van der Waals surface area contributed by atoms with Gasteiger partial charge in [0.05, 0.1) is 18.7 Å². The number of aromatic nitrogens is 3. The molecule has 1 amide bonds. The van der Waals surface area contributed by atoms with Crippen molar-refractivity contribution in [1.29, 1.82) is 0 Å². The van der Waals surface area contributed by atoms with Gasteiger partial charge >= 0.3 is 0 Å². The standard InChI is InChI=1S/C11H14N4O3/c1-6-9(7(2)18-15-6)4-10(16)12-5-11-14-13-8(3)17-11/h4-5H2,1-3H3,(H,12,16). The molecule has 7 nitrogen and oxygen atoms in total. The van der Waals surface area contributed by atoms with Crippen molar-refractivity contribution in [2.75, 3.05) is 0 Å². The zero-order valence-corrected chi connectivity index (χ0v) is 10.5. The highest BCUT2D eigenvalue weighted by Gasteiger charge is 2.13. The van der Waals surface area contributed by atoms with Crippen molar-refractivity contribution in [3.63, 3.8) is 0 Å². The first-order valence-electron chi connectivity index (χ1n) is 5.53. The van der Waals surface area contributed by atoms with E-state index in [0.29, 0.717) is 17.5 Å². The number of aryl methyl sites for hydroxylation is 3. The van der Waals surface area contributed by atoms with Crippen LogP contribution >= 0.6 is 0 Å². The van der Waals surface area contributed by atoms with Gasteiger partial charge < -0.3 is 14.3 Å². The smallest absolute Gasteiger partial charge is 0.235 e. The largest absolute Gasteiger partial charge is 0.424 e. The Morgan fingerprint density at radius 1 is 1.28 bits per heavy atom. The Kier molecular flexibility index (Phi) is 3.40. The number of amides is 1. The SMILES string of the molecule is Cc1nnc(CNC(=O)Cc2c(C)noc2C)o1. The Balaban J connectivity index is 1.89. The summed E-state index contributed by atoms with van der Waals surface area (Å²) < 4.78 is 10.1. The van der Waals surface area contributed by atoms with Crippen LogP contribution in [0.4, 0.5) is 0 Å². The molecule has 0 aliphatic rings. The maximum absolute atomic E-state index is 11.7. The van der Waals surface area contributed by atoms with E-state index in [0.717, 1.165) is 11.3 Å². The molecule has 7 heteroatoms. The van der Waals surface area contributed by atoms with Gasteiger partial charge in [-0.3, -0.25) is 4.79 Å². The van der Waals surface area contributed by atoms with Gasteiger partial charge in [0.15, 0.2) is 0 Å². The maximum Gasteiger partial charge on any atom is 0.235 e. The minimum absolute atomic E-state index is 0.139. The summed E-state index contributed by atoms with van der Waals surface area (Å²) >= 11 is 0. The van der Waals surface area contributed by atoms with Crippen molar-refractivity contribution >= 4 is 5.91 Å². The van der Waals surface area contributed by atoms with E-state index in [1.165, 1.54) is 0 Å². The van der Waals surface area contributed by atoms with Crippen LogP contribution in [0.15, 0.2) is 8.94 Å². The second-order valence-electron chi connectivity index (χ2n) is 3.97. The number of nitrogens with one attached hydrogen (secondary N) is 1. The molecule has 0 atom stereocenters. The Labute approximate surface area is 104 Å². The molecule has 2 heterocycles. The first-order valence-corrected chi connectivity index (χ1v) is 5.53. The minimum Gasteiger partial charge on any atom is -0.424 e. The van der Waals surface area contributed by atoms with Gasteiger partial charge in [0, 0.05) is 12.5 Å².